The maximum atomic E-state index is 10.2. The highest BCUT2D eigenvalue weighted by Gasteiger charge is 1.95. The lowest BCUT2D eigenvalue weighted by atomic mass is 10.0. The molecule has 4 nitrogen and oxygen atoms in total. The summed E-state index contributed by atoms with van der Waals surface area (Å²) >= 11 is 0. The van der Waals surface area contributed by atoms with Gasteiger partial charge >= 0.3 is 0 Å². The molecule has 0 N–H and O–H groups in total. The van der Waals surface area contributed by atoms with E-state index in [0.717, 1.165) is 25.7 Å². The number of carbonyl (C=O) groups excluding carboxylic acids is 2. The molecule has 0 spiro atoms. The van der Waals surface area contributed by atoms with Crippen molar-refractivity contribution in [3.05, 3.63) is 0 Å². The standard InChI is InChI=1S/C18H36O2.C12H24O2/c1-2-3-4-5-6-7-8-9-10-11-12-13-14-15-16-17-18(19)20;1-2-3-4-5-6-7-8-9-10-11-12(13)14/h2-17H2,1H3,(H,19,20);2-11H2,1H3,(H,13,14)/p-2. The van der Waals surface area contributed by atoms with Crippen LogP contribution < -0.4 is 10.2 Å². The molecule has 0 bridgehead atoms. The van der Waals surface area contributed by atoms with E-state index in [4.69, 9.17) is 0 Å². The summed E-state index contributed by atoms with van der Waals surface area (Å²) in [6.07, 6.45) is 31.0. The number of carboxylic acids is 2. The first-order chi connectivity index (χ1) is 16.5. The van der Waals surface area contributed by atoms with Crippen molar-refractivity contribution in [1.82, 2.24) is 0 Å². The highest BCUT2D eigenvalue weighted by molar-refractivity contribution is 5.64. The molecule has 0 atom stereocenters. The van der Waals surface area contributed by atoms with Crippen LogP contribution in [0.1, 0.15) is 181 Å². The van der Waals surface area contributed by atoms with Gasteiger partial charge in [0.1, 0.15) is 0 Å². The second kappa shape index (κ2) is 31.9. The van der Waals surface area contributed by atoms with Crippen molar-refractivity contribution in [3.8, 4) is 0 Å². The zero-order valence-electron chi connectivity index (χ0n) is 23.0. The first kappa shape index (κ1) is 35.1. The van der Waals surface area contributed by atoms with Gasteiger partial charge in [0.15, 0.2) is 0 Å². The Labute approximate surface area is 212 Å². The summed E-state index contributed by atoms with van der Waals surface area (Å²) in [4.78, 5) is 20.3. The first-order valence-electron chi connectivity index (χ1n) is 14.9. The van der Waals surface area contributed by atoms with Gasteiger partial charge in [0.05, 0.1) is 0 Å². The Kier molecular flexibility index (Phi) is 33.0. The Balaban J connectivity index is 0. The number of aliphatic carboxylic acids is 2. The Hall–Kier alpha value is -1.06. The van der Waals surface area contributed by atoms with Crippen molar-refractivity contribution in [1.29, 1.82) is 0 Å². The average Bonchev–Trinajstić information content (AvgIpc) is 2.80. The number of carbonyl (C=O) groups is 2. The van der Waals surface area contributed by atoms with Gasteiger partial charge in [-0.05, 0) is 25.7 Å². The Morgan fingerprint density at radius 3 is 0.706 bits per heavy atom. The van der Waals surface area contributed by atoms with Crippen LogP contribution in [0.3, 0.4) is 0 Å². The summed E-state index contributed by atoms with van der Waals surface area (Å²) in [5.41, 5.74) is 0. The number of rotatable bonds is 26. The third kappa shape index (κ3) is 38.2. The fraction of sp³-hybridized carbons (Fsp3) is 0.933. The molecule has 0 aromatic rings. The lowest BCUT2D eigenvalue weighted by molar-refractivity contribution is -0.307. The molecule has 0 fully saturated rings. The van der Waals surface area contributed by atoms with E-state index in [1.807, 2.05) is 0 Å². The number of hydrogen-bond donors (Lipinski definition) is 0. The van der Waals surface area contributed by atoms with Crippen molar-refractivity contribution >= 4 is 11.9 Å². The van der Waals surface area contributed by atoms with Gasteiger partial charge in [-0.25, -0.2) is 0 Å². The lowest BCUT2D eigenvalue weighted by Crippen LogP contribution is -2.21. The van der Waals surface area contributed by atoms with E-state index in [9.17, 15) is 19.8 Å². The van der Waals surface area contributed by atoms with E-state index in [0.29, 0.717) is 0 Å². The van der Waals surface area contributed by atoms with E-state index in [1.54, 1.807) is 0 Å². The van der Waals surface area contributed by atoms with Crippen LogP contribution in [0.25, 0.3) is 0 Å². The van der Waals surface area contributed by atoms with Gasteiger partial charge in [0, 0.05) is 11.9 Å². The summed E-state index contributed by atoms with van der Waals surface area (Å²) in [6, 6.07) is 0. The van der Waals surface area contributed by atoms with Crippen molar-refractivity contribution in [2.24, 2.45) is 0 Å². The maximum Gasteiger partial charge on any atom is 0.0414 e. The van der Waals surface area contributed by atoms with Gasteiger partial charge in [-0.1, -0.05) is 155 Å². The van der Waals surface area contributed by atoms with Gasteiger partial charge in [-0.15, -0.1) is 0 Å². The monoisotopic (exact) mass is 482 g/mol. The molecule has 204 valence electrons. The molecule has 0 saturated heterocycles. The molecule has 0 amide bonds. The van der Waals surface area contributed by atoms with Crippen molar-refractivity contribution < 1.29 is 19.8 Å². The summed E-state index contributed by atoms with van der Waals surface area (Å²) in [7, 11) is 0. The van der Waals surface area contributed by atoms with Crippen LogP contribution in [0.5, 0.6) is 0 Å². The Morgan fingerprint density at radius 2 is 0.529 bits per heavy atom. The van der Waals surface area contributed by atoms with Gasteiger partial charge < -0.3 is 19.8 Å². The van der Waals surface area contributed by atoms with E-state index in [-0.39, 0.29) is 12.8 Å². The highest BCUT2D eigenvalue weighted by atomic mass is 16.4. The van der Waals surface area contributed by atoms with Gasteiger partial charge in [-0.3, -0.25) is 0 Å². The topological polar surface area (TPSA) is 80.3 Å². The molecule has 0 aliphatic heterocycles. The van der Waals surface area contributed by atoms with Gasteiger partial charge in [-0.2, -0.15) is 0 Å². The molecule has 0 heterocycles. The van der Waals surface area contributed by atoms with E-state index in [1.165, 1.54) is 128 Å². The predicted molar refractivity (Wildman–Crippen MR) is 141 cm³/mol. The third-order valence-corrected chi connectivity index (χ3v) is 6.47. The summed E-state index contributed by atoms with van der Waals surface area (Å²) < 4.78 is 0. The minimum absolute atomic E-state index is 0.232. The van der Waals surface area contributed by atoms with E-state index >= 15 is 0 Å². The smallest absolute Gasteiger partial charge is 0.0414 e. The fourth-order valence-corrected chi connectivity index (χ4v) is 4.22. The molecule has 0 aliphatic rings. The van der Waals surface area contributed by atoms with Crippen molar-refractivity contribution in [2.45, 2.75) is 181 Å². The van der Waals surface area contributed by atoms with Gasteiger partial charge in [0.2, 0.25) is 0 Å². The maximum absolute atomic E-state index is 10.2. The van der Waals surface area contributed by atoms with Crippen molar-refractivity contribution in [3.63, 3.8) is 0 Å². The molecule has 0 saturated carbocycles. The molecular formula is C30H58O4-2. The zero-order valence-corrected chi connectivity index (χ0v) is 23.0. The summed E-state index contributed by atoms with van der Waals surface area (Å²) in [6.45, 7) is 4.49. The quantitative estimate of drug-likeness (QED) is 0.119. The van der Waals surface area contributed by atoms with Crippen molar-refractivity contribution in [2.75, 3.05) is 0 Å². The zero-order chi connectivity index (χ0) is 25.5. The largest absolute Gasteiger partial charge is 0.550 e. The minimum Gasteiger partial charge on any atom is -0.550 e. The second-order valence-electron chi connectivity index (χ2n) is 10.0. The number of carboxylic acid groups (broad SMARTS) is 2. The normalized spacial score (nSPS) is 10.6. The summed E-state index contributed by atoms with van der Waals surface area (Å²) in [5.74, 6) is -1.81. The molecule has 0 rings (SSSR count). The minimum atomic E-state index is -0.909. The average molecular weight is 483 g/mol. The molecule has 0 aromatic carbocycles. The van der Waals surface area contributed by atoms with Gasteiger partial charge in [0.25, 0.3) is 0 Å². The highest BCUT2D eigenvalue weighted by Crippen LogP contribution is 2.13. The van der Waals surface area contributed by atoms with Crippen LogP contribution in [-0.4, -0.2) is 11.9 Å². The van der Waals surface area contributed by atoms with E-state index in [2.05, 4.69) is 13.8 Å². The molecule has 0 aliphatic carbocycles. The van der Waals surface area contributed by atoms with E-state index < -0.39 is 11.9 Å². The third-order valence-electron chi connectivity index (χ3n) is 6.47. The van der Waals surface area contributed by atoms with Crippen LogP contribution in [0.15, 0.2) is 0 Å². The lowest BCUT2D eigenvalue weighted by Gasteiger charge is -2.04. The molecule has 0 unspecified atom stereocenters. The first-order valence-corrected chi connectivity index (χ1v) is 14.9. The molecule has 4 heteroatoms. The Bertz CT molecular complexity index is 409. The van der Waals surface area contributed by atoms with Crippen LogP contribution in [0.2, 0.25) is 0 Å². The second-order valence-corrected chi connectivity index (χ2v) is 10.0. The molecular weight excluding hydrogens is 424 g/mol. The number of hydrogen-bond acceptors (Lipinski definition) is 4. The Morgan fingerprint density at radius 1 is 0.353 bits per heavy atom. The number of unbranched alkanes of at least 4 members (excludes halogenated alkanes) is 22. The van der Waals surface area contributed by atoms with Crippen LogP contribution in [0, 0.1) is 0 Å². The van der Waals surface area contributed by atoms with Crippen LogP contribution in [0.4, 0.5) is 0 Å². The predicted octanol–water partition coefficient (Wildman–Crippen LogP) is 7.66. The SMILES string of the molecule is CCCCCCCCCCCC(=O)[O-].CCCCCCCCCCCCCCCCCC(=O)[O-]. The molecule has 34 heavy (non-hydrogen) atoms. The molecule has 0 aromatic heterocycles. The summed E-state index contributed by atoms with van der Waals surface area (Å²) in [5, 5.41) is 20.3. The van der Waals surface area contributed by atoms with Crippen LogP contribution in [-0.2, 0) is 9.59 Å². The van der Waals surface area contributed by atoms with Crippen LogP contribution >= 0.6 is 0 Å². The fourth-order valence-electron chi connectivity index (χ4n) is 4.22. The molecule has 0 radical (unpaired) electrons.